The number of aryl methyl sites for hydroxylation is 2. The summed E-state index contributed by atoms with van der Waals surface area (Å²) < 4.78 is 1.37. The first-order chi connectivity index (χ1) is 9.50. The van der Waals surface area contributed by atoms with Crippen molar-refractivity contribution in [3.8, 4) is 11.4 Å². The number of carboxylic acid groups (broad SMARTS) is 1. The highest BCUT2D eigenvalue weighted by atomic mass is 16.4. The Hall–Kier alpha value is -2.24. The van der Waals surface area contributed by atoms with Crippen LogP contribution in [0.3, 0.4) is 0 Å². The molecule has 1 aliphatic carbocycles. The first-order valence-corrected chi connectivity index (χ1v) is 6.64. The number of hydrogen-bond donors (Lipinski definition) is 1. The second-order valence-electron chi connectivity index (χ2n) is 5.62. The van der Waals surface area contributed by atoms with Crippen LogP contribution in [0, 0.1) is 0 Å². The molecule has 6 heteroatoms. The summed E-state index contributed by atoms with van der Waals surface area (Å²) in [4.78, 5) is 11.4. The van der Waals surface area contributed by atoms with Gasteiger partial charge in [-0.1, -0.05) is 12.1 Å². The van der Waals surface area contributed by atoms with Crippen molar-refractivity contribution in [2.45, 2.75) is 38.6 Å². The third-order valence-electron chi connectivity index (χ3n) is 3.88. The van der Waals surface area contributed by atoms with Crippen LogP contribution in [0.4, 0.5) is 0 Å². The van der Waals surface area contributed by atoms with Crippen LogP contribution in [0.15, 0.2) is 18.2 Å². The molecule has 104 valence electrons. The van der Waals surface area contributed by atoms with E-state index in [-0.39, 0.29) is 0 Å². The number of aromatic nitrogens is 4. The maximum Gasteiger partial charge on any atom is 0.331 e. The van der Waals surface area contributed by atoms with E-state index in [4.69, 9.17) is 0 Å². The molecular formula is C14H16N4O2. The van der Waals surface area contributed by atoms with Crippen LogP contribution >= 0.6 is 0 Å². The Kier molecular flexibility index (Phi) is 2.81. The van der Waals surface area contributed by atoms with E-state index in [9.17, 15) is 9.90 Å². The lowest BCUT2D eigenvalue weighted by Gasteiger charge is -2.20. The van der Waals surface area contributed by atoms with Crippen LogP contribution in [0.2, 0.25) is 0 Å². The van der Waals surface area contributed by atoms with Gasteiger partial charge in [-0.3, -0.25) is 0 Å². The van der Waals surface area contributed by atoms with E-state index in [0.717, 1.165) is 18.4 Å². The number of carboxylic acids is 1. The van der Waals surface area contributed by atoms with E-state index >= 15 is 0 Å². The highest BCUT2D eigenvalue weighted by molar-refractivity contribution is 5.76. The Morgan fingerprint density at radius 3 is 2.80 bits per heavy atom. The lowest BCUT2D eigenvalue weighted by molar-refractivity contribution is -0.146. The number of fused-ring (bicyclic) bond motifs is 1. The van der Waals surface area contributed by atoms with E-state index in [1.165, 1.54) is 22.2 Å². The summed E-state index contributed by atoms with van der Waals surface area (Å²) in [6, 6.07) is 6.12. The summed E-state index contributed by atoms with van der Waals surface area (Å²) in [5, 5.41) is 20.8. The molecule has 0 unspecified atom stereocenters. The second kappa shape index (κ2) is 4.40. The average molecular weight is 272 g/mol. The van der Waals surface area contributed by atoms with E-state index in [1.54, 1.807) is 13.8 Å². The van der Waals surface area contributed by atoms with Crippen molar-refractivity contribution in [3.63, 3.8) is 0 Å². The number of carbonyl (C=O) groups is 1. The van der Waals surface area contributed by atoms with Crippen LogP contribution in [0.25, 0.3) is 11.4 Å². The molecule has 0 saturated carbocycles. The fourth-order valence-corrected chi connectivity index (χ4v) is 2.55. The fourth-order valence-electron chi connectivity index (χ4n) is 2.55. The molecule has 0 bridgehead atoms. The summed E-state index contributed by atoms with van der Waals surface area (Å²) in [6.45, 7) is 3.17. The minimum atomic E-state index is -1.18. The van der Waals surface area contributed by atoms with Crippen molar-refractivity contribution >= 4 is 5.97 Å². The van der Waals surface area contributed by atoms with Crippen molar-refractivity contribution in [3.05, 3.63) is 29.3 Å². The third-order valence-corrected chi connectivity index (χ3v) is 3.88. The number of hydrogen-bond acceptors (Lipinski definition) is 4. The third kappa shape index (κ3) is 1.88. The normalized spacial score (nSPS) is 14.3. The maximum atomic E-state index is 11.4. The molecule has 0 saturated heterocycles. The molecule has 20 heavy (non-hydrogen) atoms. The van der Waals surface area contributed by atoms with Gasteiger partial charge in [0.1, 0.15) is 0 Å². The molecule has 1 aromatic carbocycles. The maximum absolute atomic E-state index is 11.4. The van der Waals surface area contributed by atoms with Crippen LogP contribution in [-0.2, 0) is 23.2 Å². The number of rotatable bonds is 3. The lowest BCUT2D eigenvalue weighted by Crippen LogP contribution is -2.37. The molecule has 0 amide bonds. The van der Waals surface area contributed by atoms with Gasteiger partial charge >= 0.3 is 5.97 Å². The minimum Gasteiger partial charge on any atom is -0.479 e. The molecule has 1 heterocycles. The predicted octanol–water partition coefficient (Wildman–Crippen LogP) is 1.65. The first kappa shape index (κ1) is 12.8. The SMILES string of the molecule is CC(C)(C(=O)O)n1nnnc1-c1ccc2c(c1)CCC2. The molecular weight excluding hydrogens is 256 g/mol. The van der Waals surface area contributed by atoms with Gasteiger partial charge in [-0.15, -0.1) is 5.10 Å². The van der Waals surface area contributed by atoms with E-state index < -0.39 is 11.5 Å². The fraction of sp³-hybridized carbons (Fsp3) is 0.429. The van der Waals surface area contributed by atoms with Crippen molar-refractivity contribution in [1.29, 1.82) is 0 Å². The Balaban J connectivity index is 2.08. The van der Waals surface area contributed by atoms with Gasteiger partial charge in [0.2, 0.25) is 0 Å². The van der Waals surface area contributed by atoms with Crippen molar-refractivity contribution in [2.24, 2.45) is 0 Å². The molecule has 0 aliphatic heterocycles. The Bertz CT molecular complexity index is 676. The van der Waals surface area contributed by atoms with Crippen molar-refractivity contribution < 1.29 is 9.90 Å². The highest BCUT2D eigenvalue weighted by Crippen LogP contribution is 2.28. The molecule has 1 N–H and O–H groups in total. The zero-order valence-electron chi connectivity index (χ0n) is 11.5. The van der Waals surface area contributed by atoms with Crippen LogP contribution < -0.4 is 0 Å². The first-order valence-electron chi connectivity index (χ1n) is 6.64. The Labute approximate surface area is 116 Å². The van der Waals surface area contributed by atoms with Crippen molar-refractivity contribution in [1.82, 2.24) is 20.2 Å². The van der Waals surface area contributed by atoms with Gasteiger partial charge < -0.3 is 5.11 Å². The van der Waals surface area contributed by atoms with Gasteiger partial charge in [-0.2, -0.15) is 0 Å². The smallest absolute Gasteiger partial charge is 0.331 e. The predicted molar refractivity (Wildman–Crippen MR) is 72.2 cm³/mol. The Morgan fingerprint density at radius 1 is 1.30 bits per heavy atom. The number of aliphatic carboxylic acids is 1. The average Bonchev–Trinajstić information content (AvgIpc) is 3.06. The van der Waals surface area contributed by atoms with Crippen LogP contribution in [0.1, 0.15) is 31.4 Å². The van der Waals surface area contributed by atoms with E-state index in [0.29, 0.717) is 5.82 Å². The largest absolute Gasteiger partial charge is 0.479 e. The number of benzene rings is 1. The molecule has 2 aromatic rings. The summed E-state index contributed by atoms with van der Waals surface area (Å²) in [6.07, 6.45) is 3.35. The van der Waals surface area contributed by atoms with Gasteiger partial charge in [-0.25, -0.2) is 9.48 Å². The summed E-state index contributed by atoms with van der Waals surface area (Å²) in [7, 11) is 0. The topological polar surface area (TPSA) is 80.9 Å². The summed E-state index contributed by atoms with van der Waals surface area (Å²) in [5.41, 5.74) is 2.36. The minimum absolute atomic E-state index is 0.493. The number of nitrogens with zero attached hydrogens (tertiary/aromatic N) is 4. The van der Waals surface area contributed by atoms with Gasteiger partial charge in [0.05, 0.1) is 0 Å². The molecule has 0 fully saturated rings. The molecule has 6 nitrogen and oxygen atoms in total. The molecule has 0 spiro atoms. The van der Waals surface area contributed by atoms with Crippen LogP contribution in [-0.4, -0.2) is 31.3 Å². The van der Waals surface area contributed by atoms with Gasteiger partial charge in [0, 0.05) is 5.56 Å². The molecule has 1 aromatic heterocycles. The summed E-state index contributed by atoms with van der Waals surface area (Å²) in [5.74, 6) is -0.473. The second-order valence-corrected chi connectivity index (χ2v) is 5.62. The van der Waals surface area contributed by atoms with Gasteiger partial charge in [0.15, 0.2) is 11.4 Å². The highest BCUT2D eigenvalue weighted by Gasteiger charge is 2.34. The lowest BCUT2D eigenvalue weighted by atomic mass is 10.0. The zero-order chi connectivity index (χ0) is 14.3. The summed E-state index contributed by atoms with van der Waals surface area (Å²) >= 11 is 0. The quantitative estimate of drug-likeness (QED) is 0.918. The zero-order valence-corrected chi connectivity index (χ0v) is 11.5. The van der Waals surface area contributed by atoms with Crippen LogP contribution in [0.5, 0.6) is 0 Å². The molecule has 3 rings (SSSR count). The van der Waals surface area contributed by atoms with E-state index in [1.807, 2.05) is 6.07 Å². The number of tetrazole rings is 1. The molecule has 0 atom stereocenters. The molecule has 0 radical (unpaired) electrons. The van der Waals surface area contributed by atoms with E-state index in [2.05, 4.69) is 27.7 Å². The Morgan fingerprint density at radius 2 is 2.05 bits per heavy atom. The van der Waals surface area contributed by atoms with Gasteiger partial charge in [0.25, 0.3) is 0 Å². The molecule has 1 aliphatic rings. The monoisotopic (exact) mass is 272 g/mol. The van der Waals surface area contributed by atoms with Crippen molar-refractivity contribution in [2.75, 3.05) is 0 Å². The standard InChI is InChI=1S/C14H16N4O2/c1-14(2,13(19)20)18-12(15-16-17-18)11-7-6-9-4-3-5-10(9)8-11/h6-8H,3-5H2,1-2H3,(H,19,20). The van der Waals surface area contributed by atoms with Gasteiger partial charge in [-0.05, 0) is 60.7 Å².